The lowest BCUT2D eigenvalue weighted by atomic mass is 9.82. The minimum absolute atomic E-state index is 0.149. The minimum Gasteiger partial charge on any atom is -0.388 e. The van der Waals surface area contributed by atoms with Crippen LogP contribution in [0.4, 0.5) is 10.1 Å². The number of rotatable bonds is 6. The Bertz CT molecular complexity index is 878. The zero-order valence-electron chi connectivity index (χ0n) is 20.1. The number of hydrogen-bond donors (Lipinski definition) is 3. The lowest BCUT2D eigenvalue weighted by Gasteiger charge is -2.22. The maximum atomic E-state index is 13.9. The molecule has 176 valence electrons. The molecule has 1 unspecified atom stereocenters. The van der Waals surface area contributed by atoms with E-state index < -0.39 is 0 Å². The number of benzene rings is 2. The standard InChI is InChI=1S/C24H29FN2.C2H6.CH4O2/c1-3-18-9-10-19-16-20(25)11-12-23(19)24(22(18)8-5-13-26)15-17-6-4-7-21(14-17)27-2;1-2;1-3-2/h4-8,11-12,14,16,24,27H,3,9-10,13,15,26H2,1-2H3;1-2H3;2H,1H3/b8-5-;;. The molecule has 4 N–H and O–H groups in total. The highest BCUT2D eigenvalue weighted by molar-refractivity contribution is 5.49. The minimum atomic E-state index is -0.149. The van der Waals surface area contributed by atoms with Crippen LogP contribution in [0.25, 0.3) is 0 Å². The van der Waals surface area contributed by atoms with Crippen LogP contribution in [0, 0.1) is 5.82 Å². The molecule has 1 aliphatic carbocycles. The predicted octanol–water partition coefficient (Wildman–Crippen LogP) is 6.49. The van der Waals surface area contributed by atoms with Crippen LogP contribution < -0.4 is 11.1 Å². The number of nitrogens with one attached hydrogen (secondary N) is 1. The average molecular weight is 443 g/mol. The maximum Gasteiger partial charge on any atom is 0.123 e. The fraction of sp³-hybridized carbons (Fsp3) is 0.407. The quantitative estimate of drug-likeness (QED) is 0.353. The lowest BCUT2D eigenvalue weighted by Crippen LogP contribution is -2.09. The van der Waals surface area contributed by atoms with Gasteiger partial charge in [-0.25, -0.2) is 9.28 Å². The highest BCUT2D eigenvalue weighted by Crippen LogP contribution is 2.39. The Kier molecular flexibility index (Phi) is 13.2. The highest BCUT2D eigenvalue weighted by atomic mass is 19.1. The Morgan fingerprint density at radius 3 is 2.53 bits per heavy atom. The van der Waals surface area contributed by atoms with Crippen molar-refractivity contribution in [2.45, 2.75) is 52.4 Å². The predicted molar refractivity (Wildman–Crippen MR) is 134 cm³/mol. The van der Waals surface area contributed by atoms with Crippen molar-refractivity contribution in [1.82, 2.24) is 0 Å². The second kappa shape index (κ2) is 15.4. The zero-order chi connectivity index (χ0) is 23.9. The Labute approximate surface area is 192 Å². The van der Waals surface area contributed by atoms with Crippen molar-refractivity contribution in [3.05, 3.63) is 88.3 Å². The molecule has 1 aliphatic rings. The van der Waals surface area contributed by atoms with Gasteiger partial charge >= 0.3 is 0 Å². The summed E-state index contributed by atoms with van der Waals surface area (Å²) in [7, 11) is 3.12. The maximum absolute atomic E-state index is 13.9. The first-order chi connectivity index (χ1) is 15.6. The summed E-state index contributed by atoms with van der Waals surface area (Å²) in [6.45, 7) is 6.74. The number of halogens is 1. The van der Waals surface area contributed by atoms with Gasteiger partial charge in [0.15, 0.2) is 0 Å². The lowest BCUT2D eigenvalue weighted by molar-refractivity contribution is -0.214. The van der Waals surface area contributed by atoms with Crippen LogP contribution in [0.1, 0.15) is 56.2 Å². The summed E-state index contributed by atoms with van der Waals surface area (Å²) in [5, 5.41) is 10.3. The third-order valence-electron chi connectivity index (χ3n) is 5.48. The summed E-state index contributed by atoms with van der Waals surface area (Å²) in [5.41, 5.74) is 13.3. The van der Waals surface area contributed by atoms with Crippen LogP contribution in [-0.2, 0) is 17.7 Å². The number of aryl methyl sites for hydroxylation is 1. The summed E-state index contributed by atoms with van der Waals surface area (Å²) < 4.78 is 13.9. The number of fused-ring (bicyclic) bond motifs is 1. The van der Waals surface area contributed by atoms with E-state index in [2.05, 4.69) is 47.5 Å². The second-order valence-electron chi connectivity index (χ2n) is 7.28. The molecule has 0 saturated heterocycles. The monoisotopic (exact) mass is 442 g/mol. The number of anilines is 1. The van der Waals surface area contributed by atoms with E-state index in [1.165, 1.54) is 29.4 Å². The van der Waals surface area contributed by atoms with Crippen molar-refractivity contribution in [1.29, 1.82) is 0 Å². The molecule has 4 nitrogen and oxygen atoms in total. The molecule has 5 heteroatoms. The van der Waals surface area contributed by atoms with E-state index >= 15 is 0 Å². The van der Waals surface area contributed by atoms with E-state index in [0.29, 0.717) is 6.54 Å². The first kappa shape index (κ1) is 27.6. The topological polar surface area (TPSA) is 67.5 Å². The fourth-order valence-corrected chi connectivity index (χ4v) is 4.09. The normalized spacial score (nSPS) is 15.2. The van der Waals surface area contributed by atoms with Gasteiger partial charge in [0.05, 0.1) is 7.11 Å². The average Bonchev–Trinajstić information content (AvgIpc) is 2.95. The van der Waals surface area contributed by atoms with Crippen molar-refractivity contribution in [2.75, 3.05) is 26.0 Å². The van der Waals surface area contributed by atoms with E-state index in [0.717, 1.165) is 36.9 Å². The SMILES string of the molecule is CC.CCC1=C(/C=C\CN)C(Cc2cccc(NC)c2)c2ccc(F)cc2CC1.COO. The van der Waals surface area contributed by atoms with Gasteiger partial charge in [-0.1, -0.05) is 56.7 Å². The van der Waals surface area contributed by atoms with Crippen molar-refractivity contribution in [2.24, 2.45) is 5.73 Å². The summed E-state index contributed by atoms with van der Waals surface area (Å²) in [5.74, 6) is 0.0663. The molecule has 0 bridgehead atoms. The van der Waals surface area contributed by atoms with Crippen molar-refractivity contribution < 1.29 is 14.5 Å². The van der Waals surface area contributed by atoms with Gasteiger partial charge in [0.1, 0.15) is 5.82 Å². The van der Waals surface area contributed by atoms with Crippen molar-refractivity contribution in [3.63, 3.8) is 0 Å². The van der Waals surface area contributed by atoms with E-state index in [1.807, 2.05) is 33.0 Å². The highest BCUT2D eigenvalue weighted by Gasteiger charge is 2.25. The molecule has 0 saturated carbocycles. The molecule has 0 fully saturated rings. The van der Waals surface area contributed by atoms with Crippen LogP contribution in [0.3, 0.4) is 0 Å². The van der Waals surface area contributed by atoms with Crippen molar-refractivity contribution >= 4 is 5.69 Å². The Balaban J connectivity index is 0.000000944. The van der Waals surface area contributed by atoms with Gasteiger partial charge in [0.2, 0.25) is 0 Å². The number of hydrogen-bond acceptors (Lipinski definition) is 4. The van der Waals surface area contributed by atoms with Gasteiger partial charge in [-0.3, -0.25) is 5.26 Å². The summed E-state index contributed by atoms with van der Waals surface area (Å²) in [6.07, 6.45) is 8.00. The van der Waals surface area contributed by atoms with E-state index in [4.69, 9.17) is 11.0 Å². The Morgan fingerprint density at radius 2 is 1.91 bits per heavy atom. The van der Waals surface area contributed by atoms with Gasteiger partial charge < -0.3 is 11.1 Å². The second-order valence-corrected chi connectivity index (χ2v) is 7.28. The Hall–Kier alpha value is -2.47. The van der Waals surface area contributed by atoms with E-state index in [1.54, 1.807) is 12.1 Å². The van der Waals surface area contributed by atoms with Gasteiger partial charge in [-0.15, -0.1) is 0 Å². The molecular weight excluding hydrogens is 403 g/mol. The molecule has 0 spiro atoms. The van der Waals surface area contributed by atoms with Gasteiger partial charge in [0.25, 0.3) is 0 Å². The molecule has 32 heavy (non-hydrogen) atoms. The molecule has 1 atom stereocenters. The molecular formula is C27H39FN2O2. The third kappa shape index (κ3) is 7.90. The van der Waals surface area contributed by atoms with Gasteiger partial charge in [0, 0.05) is 25.2 Å². The molecule has 0 heterocycles. The summed E-state index contributed by atoms with van der Waals surface area (Å²) in [4.78, 5) is 3.25. The van der Waals surface area contributed by atoms with E-state index in [9.17, 15) is 4.39 Å². The Morgan fingerprint density at radius 1 is 1.19 bits per heavy atom. The van der Waals surface area contributed by atoms with Gasteiger partial charge in [-0.2, -0.15) is 0 Å². The van der Waals surface area contributed by atoms with Crippen LogP contribution in [0.2, 0.25) is 0 Å². The smallest absolute Gasteiger partial charge is 0.123 e. The first-order valence-corrected chi connectivity index (χ1v) is 11.4. The summed E-state index contributed by atoms with van der Waals surface area (Å²) in [6, 6.07) is 13.8. The summed E-state index contributed by atoms with van der Waals surface area (Å²) >= 11 is 0. The molecule has 3 rings (SSSR count). The number of allylic oxidation sites excluding steroid dienone is 3. The van der Waals surface area contributed by atoms with Crippen molar-refractivity contribution in [3.8, 4) is 0 Å². The van der Waals surface area contributed by atoms with Crippen LogP contribution in [0.15, 0.2) is 65.8 Å². The number of nitrogens with two attached hydrogens (primary N) is 1. The molecule has 2 aromatic rings. The van der Waals surface area contributed by atoms with Gasteiger partial charge in [-0.05, 0) is 72.2 Å². The van der Waals surface area contributed by atoms with E-state index in [-0.39, 0.29) is 11.7 Å². The molecule has 0 aliphatic heterocycles. The van der Waals surface area contributed by atoms with Crippen LogP contribution in [-0.4, -0.2) is 26.0 Å². The fourth-order valence-electron chi connectivity index (χ4n) is 4.09. The van der Waals surface area contributed by atoms with Crippen LogP contribution >= 0.6 is 0 Å². The van der Waals surface area contributed by atoms with Crippen LogP contribution in [0.5, 0.6) is 0 Å². The molecule has 0 aromatic heterocycles. The molecule has 0 amide bonds. The largest absolute Gasteiger partial charge is 0.388 e. The molecule has 2 aromatic carbocycles. The first-order valence-electron chi connectivity index (χ1n) is 11.4. The zero-order valence-corrected chi connectivity index (χ0v) is 20.1. The third-order valence-corrected chi connectivity index (χ3v) is 5.48. The molecule has 0 radical (unpaired) electrons.